The lowest BCUT2D eigenvalue weighted by molar-refractivity contribution is -0.479. The Morgan fingerprint density at radius 3 is 2.50 bits per heavy atom. The number of nitrogens with zero attached hydrogens (tertiary/aromatic N) is 1. The van der Waals surface area contributed by atoms with Gasteiger partial charge in [0.2, 0.25) is 0 Å². The van der Waals surface area contributed by atoms with Crippen molar-refractivity contribution in [2.75, 3.05) is 20.4 Å². The van der Waals surface area contributed by atoms with E-state index in [0.717, 1.165) is 0 Å². The van der Waals surface area contributed by atoms with Gasteiger partial charge in [-0.05, 0) is 4.57 Å². The second-order valence-corrected chi connectivity index (χ2v) is 3.09. The van der Waals surface area contributed by atoms with Crippen molar-refractivity contribution < 1.29 is 13.7 Å². The fraction of sp³-hybridized carbons (Fsp3) is 0.750. The Morgan fingerprint density at radius 1 is 1.70 bits per heavy atom. The van der Waals surface area contributed by atoms with Gasteiger partial charge >= 0.3 is 14.0 Å². The third-order valence-electron chi connectivity index (χ3n) is 0.972. The summed E-state index contributed by atoms with van der Waals surface area (Å²) in [4.78, 5) is 0. The predicted octanol–water partition coefficient (Wildman–Crippen LogP) is -0.752. The van der Waals surface area contributed by atoms with Gasteiger partial charge in [0.1, 0.15) is 0 Å². The molecule has 5 nitrogen and oxygen atoms in total. The molecule has 0 aromatic rings. The van der Waals surface area contributed by atoms with E-state index in [2.05, 4.69) is 4.52 Å². The lowest BCUT2D eigenvalue weighted by Crippen LogP contribution is -2.33. The van der Waals surface area contributed by atoms with E-state index in [1.165, 1.54) is 11.7 Å². The zero-order chi connectivity index (χ0) is 8.15. The molecule has 0 amide bonds. The van der Waals surface area contributed by atoms with Crippen LogP contribution < -0.4 is 11.5 Å². The fourth-order valence-electron chi connectivity index (χ4n) is 0.313. The van der Waals surface area contributed by atoms with Crippen molar-refractivity contribution in [1.29, 1.82) is 0 Å². The highest BCUT2D eigenvalue weighted by Gasteiger charge is 2.17. The molecule has 0 aliphatic carbocycles. The molecule has 6 heteroatoms. The summed E-state index contributed by atoms with van der Waals surface area (Å²) in [5.74, 6) is 0.139. The SMILES string of the molecule is CO[P+](=O)C[N+](C)=C(N)N. The van der Waals surface area contributed by atoms with E-state index in [1.54, 1.807) is 7.05 Å². The monoisotopic (exact) mass is 165 g/mol. The van der Waals surface area contributed by atoms with E-state index in [0.29, 0.717) is 0 Å². The van der Waals surface area contributed by atoms with Crippen LogP contribution in [0.2, 0.25) is 0 Å². The Balaban J connectivity index is 3.92. The molecule has 0 saturated carbocycles. The second-order valence-electron chi connectivity index (χ2n) is 1.78. The first-order valence-corrected chi connectivity index (χ1v) is 4.02. The summed E-state index contributed by atoms with van der Waals surface area (Å²) >= 11 is 0. The van der Waals surface area contributed by atoms with Crippen LogP contribution in [-0.4, -0.2) is 31.0 Å². The van der Waals surface area contributed by atoms with Crippen molar-refractivity contribution in [3.63, 3.8) is 0 Å². The molecular formula is C4H12N3O2P+2. The van der Waals surface area contributed by atoms with E-state index in [4.69, 9.17) is 11.5 Å². The van der Waals surface area contributed by atoms with Gasteiger partial charge in [-0.25, -0.2) is 4.58 Å². The molecule has 0 saturated heterocycles. The van der Waals surface area contributed by atoms with Crippen molar-refractivity contribution in [3.05, 3.63) is 0 Å². The Bertz CT molecular complexity index is 164. The minimum Gasteiger partial charge on any atom is -0.291 e. The highest BCUT2D eigenvalue weighted by Crippen LogP contribution is 2.18. The smallest absolute Gasteiger partial charge is 0.291 e. The van der Waals surface area contributed by atoms with Crippen LogP contribution in [0.4, 0.5) is 0 Å². The molecule has 0 aliphatic heterocycles. The number of guanidine groups is 1. The minimum absolute atomic E-state index is 0.139. The van der Waals surface area contributed by atoms with Gasteiger partial charge in [-0.1, -0.05) is 0 Å². The largest absolute Gasteiger partial charge is 0.545 e. The molecular weight excluding hydrogens is 153 g/mol. The van der Waals surface area contributed by atoms with Gasteiger partial charge in [-0.3, -0.25) is 11.5 Å². The quantitative estimate of drug-likeness (QED) is 0.249. The molecule has 0 heterocycles. The molecule has 4 N–H and O–H groups in total. The Kier molecular flexibility index (Phi) is 3.91. The molecule has 0 aromatic heterocycles. The van der Waals surface area contributed by atoms with Crippen LogP contribution in [0.1, 0.15) is 0 Å². The normalized spacial score (nSPS) is 10.8. The van der Waals surface area contributed by atoms with Crippen molar-refractivity contribution in [1.82, 2.24) is 0 Å². The topological polar surface area (TPSA) is 81.3 Å². The predicted molar refractivity (Wildman–Crippen MR) is 39.0 cm³/mol. The van der Waals surface area contributed by atoms with Gasteiger partial charge < -0.3 is 0 Å². The summed E-state index contributed by atoms with van der Waals surface area (Å²) in [7, 11) is 1.36. The maximum atomic E-state index is 10.7. The fourth-order valence-corrected chi connectivity index (χ4v) is 0.938. The van der Waals surface area contributed by atoms with Crippen LogP contribution in [0.15, 0.2) is 0 Å². The van der Waals surface area contributed by atoms with E-state index < -0.39 is 8.03 Å². The molecule has 0 fully saturated rings. The van der Waals surface area contributed by atoms with Gasteiger partial charge in [0.15, 0.2) is 0 Å². The van der Waals surface area contributed by atoms with Crippen LogP contribution in [0.25, 0.3) is 0 Å². The van der Waals surface area contributed by atoms with Crippen molar-refractivity contribution in [2.24, 2.45) is 11.5 Å². The van der Waals surface area contributed by atoms with Crippen LogP contribution >= 0.6 is 8.03 Å². The number of rotatable bonds is 3. The average molecular weight is 165 g/mol. The highest BCUT2D eigenvalue weighted by molar-refractivity contribution is 7.38. The molecule has 0 spiro atoms. The summed E-state index contributed by atoms with van der Waals surface area (Å²) in [5, 5.41) is 0. The summed E-state index contributed by atoms with van der Waals surface area (Å²) in [5.41, 5.74) is 10.4. The summed E-state index contributed by atoms with van der Waals surface area (Å²) in [6.45, 7) is 0. The Hall–Kier alpha value is -0.670. The van der Waals surface area contributed by atoms with Crippen LogP contribution in [0, 0.1) is 0 Å². The average Bonchev–Trinajstić information content (AvgIpc) is 1.87. The van der Waals surface area contributed by atoms with E-state index in [9.17, 15) is 4.57 Å². The number of nitrogens with two attached hydrogens (primary N) is 2. The minimum atomic E-state index is -1.66. The standard InChI is InChI=1S/C4H11N3O2P/c1-7(4(5)6)3-10(8)9-2/h3H2,1-2H3,(H3,5,6)/q+1/p+1. The lowest BCUT2D eigenvalue weighted by atomic mass is 10.9. The highest BCUT2D eigenvalue weighted by atomic mass is 31.1. The molecule has 0 radical (unpaired) electrons. The summed E-state index contributed by atoms with van der Waals surface area (Å²) in [6, 6.07) is 0. The Labute approximate surface area is 60.5 Å². The lowest BCUT2D eigenvalue weighted by Gasteiger charge is -1.90. The van der Waals surface area contributed by atoms with E-state index >= 15 is 0 Å². The molecule has 58 valence electrons. The van der Waals surface area contributed by atoms with Crippen molar-refractivity contribution >= 4 is 14.0 Å². The first-order valence-electron chi connectivity index (χ1n) is 2.65. The molecule has 0 rings (SSSR count). The third-order valence-corrected chi connectivity index (χ3v) is 2.03. The van der Waals surface area contributed by atoms with E-state index in [-0.39, 0.29) is 12.2 Å². The van der Waals surface area contributed by atoms with Crippen molar-refractivity contribution in [3.8, 4) is 0 Å². The Morgan fingerprint density at radius 2 is 2.20 bits per heavy atom. The van der Waals surface area contributed by atoms with Crippen LogP contribution in [-0.2, 0) is 9.09 Å². The summed E-state index contributed by atoms with van der Waals surface area (Å²) < 4.78 is 16.7. The van der Waals surface area contributed by atoms with Crippen molar-refractivity contribution in [2.45, 2.75) is 0 Å². The summed E-state index contributed by atoms with van der Waals surface area (Å²) in [6.07, 6.45) is 0.230. The third kappa shape index (κ3) is 3.37. The maximum absolute atomic E-state index is 10.7. The first-order chi connectivity index (χ1) is 4.57. The second kappa shape index (κ2) is 4.19. The number of hydrogen-bond acceptors (Lipinski definition) is 2. The maximum Gasteiger partial charge on any atom is 0.545 e. The molecule has 1 unspecified atom stereocenters. The van der Waals surface area contributed by atoms with Crippen LogP contribution in [0.3, 0.4) is 0 Å². The van der Waals surface area contributed by atoms with E-state index in [1.807, 2.05) is 0 Å². The zero-order valence-electron chi connectivity index (χ0n) is 6.07. The molecule has 1 atom stereocenters. The van der Waals surface area contributed by atoms with Gasteiger partial charge in [0.05, 0.1) is 14.2 Å². The molecule has 0 aromatic carbocycles. The molecule has 0 aliphatic rings. The van der Waals surface area contributed by atoms with Gasteiger partial charge in [0.25, 0.3) is 6.29 Å². The molecule has 10 heavy (non-hydrogen) atoms. The first kappa shape index (κ1) is 9.33. The van der Waals surface area contributed by atoms with Crippen LogP contribution in [0.5, 0.6) is 0 Å². The number of hydrogen-bond donors (Lipinski definition) is 2. The van der Waals surface area contributed by atoms with Gasteiger partial charge in [-0.2, -0.15) is 0 Å². The molecule has 0 bridgehead atoms. The van der Waals surface area contributed by atoms with Gasteiger partial charge in [-0.15, -0.1) is 4.52 Å². The van der Waals surface area contributed by atoms with Gasteiger partial charge in [0, 0.05) is 0 Å². The zero-order valence-corrected chi connectivity index (χ0v) is 6.97.